The molecule has 1 aromatic heterocycles. The van der Waals surface area contributed by atoms with Crippen LogP contribution in [-0.2, 0) is 6.54 Å². The lowest BCUT2D eigenvalue weighted by molar-refractivity contribution is 0.102. The number of likely N-dealkylation sites (tertiary alicyclic amines) is 1. The van der Waals surface area contributed by atoms with Crippen molar-refractivity contribution < 1.29 is 4.79 Å². The van der Waals surface area contributed by atoms with Gasteiger partial charge in [-0.1, -0.05) is 12.1 Å². The van der Waals surface area contributed by atoms with Crippen molar-refractivity contribution in [3.05, 3.63) is 47.8 Å². The molecular formula is C25H36Cl3N5O. The lowest BCUT2D eigenvalue weighted by atomic mass is 10.0. The quantitative estimate of drug-likeness (QED) is 0.512. The number of nitrogens with zero attached hydrogens (tertiary/aromatic N) is 3. The number of piperidine rings is 1. The number of amides is 1. The summed E-state index contributed by atoms with van der Waals surface area (Å²) in [6, 6.07) is 10.3. The van der Waals surface area contributed by atoms with E-state index < -0.39 is 0 Å². The first-order chi connectivity index (χ1) is 15.2. The molecule has 0 spiro atoms. The van der Waals surface area contributed by atoms with Crippen molar-refractivity contribution in [3.8, 4) is 0 Å². The van der Waals surface area contributed by atoms with Crippen LogP contribution in [0.15, 0.2) is 36.7 Å². The summed E-state index contributed by atoms with van der Waals surface area (Å²) in [6.07, 6.45) is 12.8. The lowest BCUT2D eigenvalue weighted by Crippen LogP contribution is -2.44. The van der Waals surface area contributed by atoms with Gasteiger partial charge in [0.05, 0.1) is 11.9 Å². The molecule has 34 heavy (non-hydrogen) atoms. The maximum absolute atomic E-state index is 12.8. The first-order valence-electron chi connectivity index (χ1n) is 12.1. The van der Waals surface area contributed by atoms with Gasteiger partial charge in [-0.2, -0.15) is 5.10 Å². The topological polar surface area (TPSA) is 62.2 Å². The van der Waals surface area contributed by atoms with Crippen LogP contribution in [0.4, 0.5) is 5.69 Å². The predicted molar refractivity (Wildman–Crippen MR) is 143 cm³/mol. The zero-order valence-electron chi connectivity index (χ0n) is 19.4. The molecular weight excluding hydrogens is 493 g/mol. The Bertz CT molecular complexity index is 954. The molecule has 2 atom stereocenters. The van der Waals surface area contributed by atoms with Crippen LogP contribution in [0.2, 0.25) is 0 Å². The lowest BCUT2D eigenvalue weighted by Gasteiger charge is -2.32. The van der Waals surface area contributed by atoms with Crippen molar-refractivity contribution in [1.29, 1.82) is 0 Å². The zero-order chi connectivity index (χ0) is 20.8. The van der Waals surface area contributed by atoms with E-state index in [1.165, 1.54) is 63.6 Å². The minimum Gasteiger partial charge on any atom is -0.319 e. The monoisotopic (exact) mass is 527 g/mol. The molecule has 6 nitrogen and oxygen atoms in total. The van der Waals surface area contributed by atoms with Crippen LogP contribution in [0.1, 0.15) is 66.8 Å². The van der Waals surface area contributed by atoms with Crippen molar-refractivity contribution in [2.24, 2.45) is 5.92 Å². The molecule has 2 heterocycles. The number of halogens is 3. The van der Waals surface area contributed by atoms with E-state index in [0.717, 1.165) is 29.8 Å². The van der Waals surface area contributed by atoms with E-state index in [-0.39, 0.29) is 43.1 Å². The van der Waals surface area contributed by atoms with Crippen molar-refractivity contribution in [2.45, 2.75) is 75.5 Å². The Labute approximate surface area is 220 Å². The SMILES string of the molecule is Cl.Cl.Cl.O=C(Nc1cnn(CC2CC2)c1)c1cccc(C2CC2NC2CCN(C3CC3)CC2)c1. The van der Waals surface area contributed by atoms with Gasteiger partial charge in [0.15, 0.2) is 0 Å². The Morgan fingerprint density at radius 3 is 2.50 bits per heavy atom. The number of hydrogen-bond acceptors (Lipinski definition) is 4. The molecule has 3 aliphatic carbocycles. The number of nitrogens with one attached hydrogen (secondary N) is 2. The first kappa shape index (κ1) is 27.3. The second-order valence-corrected chi connectivity index (χ2v) is 10.1. The van der Waals surface area contributed by atoms with Crippen LogP contribution in [0.5, 0.6) is 0 Å². The van der Waals surface area contributed by atoms with Crippen molar-refractivity contribution in [3.63, 3.8) is 0 Å². The van der Waals surface area contributed by atoms with Gasteiger partial charge in [-0.3, -0.25) is 9.48 Å². The Balaban J connectivity index is 0.00000108. The third-order valence-electron chi connectivity index (χ3n) is 7.44. The molecule has 0 radical (unpaired) electrons. The van der Waals surface area contributed by atoms with E-state index in [4.69, 9.17) is 0 Å². The van der Waals surface area contributed by atoms with Crippen LogP contribution in [0.3, 0.4) is 0 Å². The maximum Gasteiger partial charge on any atom is 0.255 e. The Hall–Kier alpha value is -1.31. The number of carbonyl (C=O) groups excluding carboxylic acids is 1. The average Bonchev–Trinajstić information content (AvgIpc) is 3.65. The summed E-state index contributed by atoms with van der Waals surface area (Å²) in [5, 5.41) is 11.3. The Kier molecular flexibility index (Phi) is 9.32. The third kappa shape index (κ3) is 6.67. The highest BCUT2D eigenvalue weighted by atomic mass is 35.5. The number of benzene rings is 1. The molecule has 9 heteroatoms. The van der Waals surface area contributed by atoms with Crippen LogP contribution in [-0.4, -0.2) is 51.8 Å². The largest absolute Gasteiger partial charge is 0.319 e. The van der Waals surface area contributed by atoms with Crippen LogP contribution in [0, 0.1) is 5.92 Å². The van der Waals surface area contributed by atoms with Gasteiger partial charge in [-0.25, -0.2) is 0 Å². The molecule has 1 saturated heterocycles. The highest BCUT2D eigenvalue weighted by Crippen LogP contribution is 2.42. The standard InChI is InChI=1S/C25H33N5O.3ClH/c31-25(28-21-14-26-30(16-21)15-17-4-5-17)19-3-1-2-18(12-19)23-13-24(23)27-20-8-10-29(11-9-20)22-6-7-22;;;/h1-3,12,14,16-17,20,22-24,27H,4-11,13,15H2,(H,28,31);3*1H. The molecule has 6 rings (SSSR count). The van der Waals surface area contributed by atoms with Gasteiger partial charge in [0.2, 0.25) is 0 Å². The highest BCUT2D eigenvalue weighted by Gasteiger charge is 2.40. The minimum atomic E-state index is -0.0505. The van der Waals surface area contributed by atoms with Crippen LogP contribution < -0.4 is 10.6 Å². The summed E-state index contributed by atoms with van der Waals surface area (Å²) in [5.41, 5.74) is 2.79. The molecule has 2 aromatic rings. The van der Waals surface area contributed by atoms with E-state index in [2.05, 4.69) is 32.8 Å². The molecule has 1 aliphatic heterocycles. The maximum atomic E-state index is 12.8. The fraction of sp³-hybridized carbons (Fsp3) is 0.600. The predicted octanol–water partition coefficient (Wildman–Crippen LogP) is 4.88. The second-order valence-electron chi connectivity index (χ2n) is 10.1. The van der Waals surface area contributed by atoms with Crippen LogP contribution in [0.25, 0.3) is 0 Å². The molecule has 0 bridgehead atoms. The molecule has 2 unspecified atom stereocenters. The summed E-state index contributed by atoms with van der Waals surface area (Å²) in [4.78, 5) is 15.5. The number of aromatic nitrogens is 2. The smallest absolute Gasteiger partial charge is 0.255 e. The average molecular weight is 529 g/mol. The van der Waals surface area contributed by atoms with Gasteiger partial charge in [-0.15, -0.1) is 37.2 Å². The van der Waals surface area contributed by atoms with Gasteiger partial charge in [0, 0.05) is 42.3 Å². The van der Waals surface area contributed by atoms with E-state index in [1.54, 1.807) is 6.20 Å². The van der Waals surface area contributed by atoms with E-state index in [1.807, 2.05) is 23.0 Å². The molecule has 4 fully saturated rings. The summed E-state index contributed by atoms with van der Waals surface area (Å²) in [6.45, 7) is 3.47. The number of carbonyl (C=O) groups is 1. The van der Waals surface area contributed by atoms with E-state index in [9.17, 15) is 4.79 Å². The normalized spacial score (nSPS) is 24.4. The molecule has 2 N–H and O–H groups in total. The summed E-state index contributed by atoms with van der Waals surface area (Å²) in [7, 11) is 0. The molecule has 3 saturated carbocycles. The molecule has 1 aromatic carbocycles. The Morgan fingerprint density at radius 2 is 1.79 bits per heavy atom. The molecule has 188 valence electrons. The second kappa shape index (κ2) is 11.6. The van der Waals surface area contributed by atoms with Gasteiger partial charge in [-0.05, 0) is 81.6 Å². The highest BCUT2D eigenvalue weighted by molar-refractivity contribution is 6.04. The van der Waals surface area contributed by atoms with Crippen LogP contribution >= 0.6 is 37.2 Å². The summed E-state index contributed by atoms with van der Waals surface area (Å²) in [5.74, 6) is 1.26. The fourth-order valence-electron chi connectivity index (χ4n) is 5.13. The van der Waals surface area contributed by atoms with Crippen molar-refractivity contribution in [2.75, 3.05) is 18.4 Å². The van der Waals surface area contributed by atoms with E-state index >= 15 is 0 Å². The Morgan fingerprint density at radius 1 is 1.03 bits per heavy atom. The first-order valence-corrected chi connectivity index (χ1v) is 12.1. The summed E-state index contributed by atoms with van der Waals surface area (Å²) >= 11 is 0. The van der Waals surface area contributed by atoms with E-state index in [0.29, 0.717) is 18.0 Å². The van der Waals surface area contributed by atoms with Crippen molar-refractivity contribution in [1.82, 2.24) is 20.0 Å². The summed E-state index contributed by atoms with van der Waals surface area (Å²) < 4.78 is 1.94. The third-order valence-corrected chi connectivity index (χ3v) is 7.44. The molecule has 4 aliphatic rings. The van der Waals surface area contributed by atoms with Gasteiger partial charge in [0.25, 0.3) is 5.91 Å². The van der Waals surface area contributed by atoms with Gasteiger partial charge >= 0.3 is 0 Å². The van der Waals surface area contributed by atoms with Gasteiger partial charge < -0.3 is 15.5 Å². The number of anilines is 1. The minimum absolute atomic E-state index is 0. The number of hydrogen-bond donors (Lipinski definition) is 2. The van der Waals surface area contributed by atoms with Crippen molar-refractivity contribution >= 4 is 48.8 Å². The fourth-order valence-corrected chi connectivity index (χ4v) is 5.13. The van der Waals surface area contributed by atoms with Gasteiger partial charge in [0.1, 0.15) is 0 Å². The molecule has 1 amide bonds. The number of rotatable bonds is 8. The zero-order valence-corrected chi connectivity index (χ0v) is 21.8.